The molecule has 0 spiro atoms. The first-order valence-corrected chi connectivity index (χ1v) is 8.53. The highest BCUT2D eigenvalue weighted by atomic mass is 15.2. The molecule has 0 radical (unpaired) electrons. The Morgan fingerprint density at radius 3 is 2.35 bits per heavy atom. The third-order valence-electron chi connectivity index (χ3n) is 3.86. The Morgan fingerprint density at radius 1 is 1.00 bits per heavy atom. The number of nitrogens with one attached hydrogen (secondary N) is 1. The van der Waals surface area contributed by atoms with Crippen molar-refractivity contribution in [2.45, 2.75) is 47.1 Å². The first kappa shape index (κ1) is 17.3. The van der Waals surface area contributed by atoms with Crippen molar-refractivity contribution < 1.29 is 0 Å². The third kappa shape index (κ3) is 4.95. The lowest BCUT2D eigenvalue weighted by atomic mass is 10.1. The van der Waals surface area contributed by atoms with Crippen molar-refractivity contribution in [1.29, 1.82) is 0 Å². The molecule has 1 heterocycles. The van der Waals surface area contributed by atoms with E-state index >= 15 is 0 Å². The van der Waals surface area contributed by atoms with Gasteiger partial charge < -0.3 is 10.2 Å². The zero-order chi connectivity index (χ0) is 16.7. The maximum Gasteiger partial charge on any atom is 0.134 e. The average molecular weight is 312 g/mol. The Kier molecular flexibility index (Phi) is 6.39. The maximum atomic E-state index is 4.62. The quantitative estimate of drug-likeness (QED) is 0.787. The second-order valence-electron chi connectivity index (χ2n) is 5.93. The van der Waals surface area contributed by atoms with Crippen molar-refractivity contribution in [3.8, 4) is 0 Å². The molecule has 0 aliphatic carbocycles. The number of rotatable bonds is 8. The van der Waals surface area contributed by atoms with E-state index in [9.17, 15) is 0 Å². The van der Waals surface area contributed by atoms with Crippen molar-refractivity contribution in [2.24, 2.45) is 0 Å². The Morgan fingerprint density at radius 2 is 1.70 bits per heavy atom. The molecule has 2 aromatic rings. The summed E-state index contributed by atoms with van der Waals surface area (Å²) < 4.78 is 0. The number of nitrogens with zero attached hydrogens (tertiary/aromatic N) is 3. The lowest BCUT2D eigenvalue weighted by molar-refractivity contribution is 0.730. The Bertz CT molecular complexity index is 619. The molecule has 1 aromatic heterocycles. The highest BCUT2D eigenvalue weighted by Crippen LogP contribution is 2.18. The Balaban J connectivity index is 2.14. The second kappa shape index (κ2) is 8.51. The number of benzene rings is 1. The van der Waals surface area contributed by atoms with E-state index in [1.165, 1.54) is 11.1 Å². The number of aryl methyl sites for hydroxylation is 2. The fourth-order valence-electron chi connectivity index (χ4n) is 2.68. The summed E-state index contributed by atoms with van der Waals surface area (Å²) in [7, 11) is 0. The maximum absolute atomic E-state index is 4.62. The molecule has 0 amide bonds. The molecule has 1 N–H and O–H groups in total. The number of aromatic nitrogens is 2. The summed E-state index contributed by atoms with van der Waals surface area (Å²) in [5, 5.41) is 3.44. The molecule has 0 aliphatic heterocycles. The van der Waals surface area contributed by atoms with Crippen molar-refractivity contribution in [1.82, 2.24) is 9.97 Å². The number of hydrogen-bond acceptors (Lipinski definition) is 4. The minimum atomic E-state index is 0.782. The van der Waals surface area contributed by atoms with Crippen LogP contribution in [0.4, 0.5) is 11.6 Å². The standard InChI is InChI=1S/C19H28N4/c1-5-11-23(12-6-2)19-13-18(21-16(4)22-19)20-14-17-10-8-7-9-15(17)3/h7-10,13H,5-6,11-12,14H2,1-4H3,(H,20,21,22). The smallest absolute Gasteiger partial charge is 0.134 e. The van der Waals surface area contributed by atoms with Crippen molar-refractivity contribution >= 4 is 11.6 Å². The highest BCUT2D eigenvalue weighted by molar-refractivity contribution is 5.50. The summed E-state index contributed by atoms with van der Waals surface area (Å²) in [4.78, 5) is 11.5. The molecule has 0 aliphatic rings. The van der Waals surface area contributed by atoms with Crippen LogP contribution in [0.25, 0.3) is 0 Å². The minimum Gasteiger partial charge on any atom is -0.366 e. The van der Waals surface area contributed by atoms with Gasteiger partial charge in [0.15, 0.2) is 0 Å². The molecule has 0 unspecified atom stereocenters. The van der Waals surface area contributed by atoms with Gasteiger partial charge in [-0.05, 0) is 37.8 Å². The molecule has 0 bridgehead atoms. The van der Waals surface area contributed by atoms with Crippen LogP contribution in [0.1, 0.15) is 43.6 Å². The van der Waals surface area contributed by atoms with E-state index in [0.717, 1.165) is 49.9 Å². The summed E-state index contributed by atoms with van der Waals surface area (Å²) in [5.41, 5.74) is 2.59. The summed E-state index contributed by atoms with van der Waals surface area (Å²) in [6.07, 6.45) is 2.24. The van der Waals surface area contributed by atoms with Crippen molar-refractivity contribution in [3.05, 3.63) is 47.3 Å². The molecular weight excluding hydrogens is 284 g/mol. The van der Waals surface area contributed by atoms with Crippen LogP contribution in [0, 0.1) is 13.8 Å². The van der Waals surface area contributed by atoms with E-state index in [4.69, 9.17) is 0 Å². The van der Waals surface area contributed by atoms with Crippen LogP contribution in [0.5, 0.6) is 0 Å². The average Bonchev–Trinajstić information content (AvgIpc) is 2.53. The minimum absolute atomic E-state index is 0.782. The van der Waals surface area contributed by atoms with Crippen LogP contribution >= 0.6 is 0 Å². The van der Waals surface area contributed by atoms with Crippen molar-refractivity contribution in [3.63, 3.8) is 0 Å². The molecule has 4 nitrogen and oxygen atoms in total. The van der Waals surface area contributed by atoms with Crippen LogP contribution in [0.15, 0.2) is 30.3 Å². The van der Waals surface area contributed by atoms with Gasteiger partial charge in [0.1, 0.15) is 17.5 Å². The van der Waals surface area contributed by atoms with E-state index < -0.39 is 0 Å². The van der Waals surface area contributed by atoms with Gasteiger partial charge in [-0.25, -0.2) is 9.97 Å². The van der Waals surface area contributed by atoms with E-state index in [1.807, 2.05) is 6.92 Å². The zero-order valence-electron chi connectivity index (χ0n) is 14.8. The second-order valence-corrected chi connectivity index (χ2v) is 5.93. The summed E-state index contributed by atoms with van der Waals surface area (Å²) in [6.45, 7) is 11.3. The van der Waals surface area contributed by atoms with Crippen LogP contribution < -0.4 is 10.2 Å². The van der Waals surface area contributed by atoms with Gasteiger partial charge in [0.25, 0.3) is 0 Å². The van der Waals surface area contributed by atoms with Gasteiger partial charge in [0.05, 0.1) is 0 Å². The lowest BCUT2D eigenvalue weighted by Gasteiger charge is -2.23. The Labute approximate surface area is 140 Å². The predicted octanol–water partition coefficient (Wildman–Crippen LogP) is 4.33. The monoisotopic (exact) mass is 312 g/mol. The zero-order valence-corrected chi connectivity index (χ0v) is 14.8. The molecule has 1 aromatic carbocycles. The van der Waals surface area contributed by atoms with Gasteiger partial charge in [0.2, 0.25) is 0 Å². The largest absolute Gasteiger partial charge is 0.366 e. The third-order valence-corrected chi connectivity index (χ3v) is 3.86. The predicted molar refractivity (Wildman–Crippen MR) is 98.1 cm³/mol. The highest BCUT2D eigenvalue weighted by Gasteiger charge is 2.09. The van der Waals surface area contributed by atoms with Gasteiger partial charge in [-0.15, -0.1) is 0 Å². The van der Waals surface area contributed by atoms with Gasteiger partial charge >= 0.3 is 0 Å². The molecule has 0 atom stereocenters. The molecule has 23 heavy (non-hydrogen) atoms. The van der Waals surface area contributed by atoms with E-state index in [1.54, 1.807) is 0 Å². The summed E-state index contributed by atoms with van der Waals surface area (Å²) >= 11 is 0. The summed E-state index contributed by atoms with van der Waals surface area (Å²) in [5.74, 6) is 2.73. The number of hydrogen-bond donors (Lipinski definition) is 1. The molecule has 0 fully saturated rings. The molecular formula is C19H28N4. The molecule has 0 saturated heterocycles. The van der Waals surface area contributed by atoms with E-state index in [2.05, 4.69) is 71.3 Å². The first-order chi connectivity index (χ1) is 11.1. The Hall–Kier alpha value is -2.10. The van der Waals surface area contributed by atoms with Gasteiger partial charge in [0, 0.05) is 25.7 Å². The fraction of sp³-hybridized carbons (Fsp3) is 0.474. The first-order valence-electron chi connectivity index (χ1n) is 8.53. The SMILES string of the molecule is CCCN(CCC)c1cc(NCc2ccccc2C)nc(C)n1. The normalized spacial score (nSPS) is 10.6. The van der Waals surface area contributed by atoms with Gasteiger partial charge in [-0.3, -0.25) is 0 Å². The van der Waals surface area contributed by atoms with E-state index in [0.29, 0.717) is 0 Å². The van der Waals surface area contributed by atoms with Crippen LogP contribution in [-0.4, -0.2) is 23.1 Å². The lowest BCUT2D eigenvalue weighted by Crippen LogP contribution is -2.26. The van der Waals surface area contributed by atoms with Crippen LogP contribution in [-0.2, 0) is 6.54 Å². The molecule has 124 valence electrons. The van der Waals surface area contributed by atoms with Crippen molar-refractivity contribution in [2.75, 3.05) is 23.3 Å². The molecule has 4 heteroatoms. The van der Waals surface area contributed by atoms with Crippen LogP contribution in [0.3, 0.4) is 0 Å². The topological polar surface area (TPSA) is 41.0 Å². The molecule has 0 saturated carbocycles. The fourth-order valence-corrected chi connectivity index (χ4v) is 2.68. The summed E-state index contributed by atoms with van der Waals surface area (Å²) in [6, 6.07) is 10.5. The van der Waals surface area contributed by atoms with Crippen LogP contribution in [0.2, 0.25) is 0 Å². The number of anilines is 2. The molecule has 2 rings (SSSR count). The van der Waals surface area contributed by atoms with Gasteiger partial charge in [-0.1, -0.05) is 38.1 Å². The van der Waals surface area contributed by atoms with Gasteiger partial charge in [-0.2, -0.15) is 0 Å². The van der Waals surface area contributed by atoms with E-state index in [-0.39, 0.29) is 0 Å².